The summed E-state index contributed by atoms with van der Waals surface area (Å²) in [6, 6.07) is 9.25. The van der Waals surface area contributed by atoms with E-state index in [0.717, 1.165) is 16.7 Å². The number of benzene rings is 1. The molecule has 2 atom stereocenters. The normalized spacial score (nSPS) is 14.1. The first-order valence-corrected chi connectivity index (χ1v) is 9.42. The summed E-state index contributed by atoms with van der Waals surface area (Å²) in [4.78, 5) is 12.0. The standard InChI is InChI=1S/C19H25NO4S/c1-5-24-18(21)12-17(20-25(22)19(2,3)4)15-8-6-7-14(11-15)16-9-10-23-13-16/h6-11,13,17,20H,5,12H2,1-4H3/t17-,25?/m0/s1. The third kappa shape index (κ3) is 5.63. The molecule has 0 saturated carbocycles. The van der Waals surface area contributed by atoms with Crippen LogP contribution in [0.2, 0.25) is 0 Å². The van der Waals surface area contributed by atoms with E-state index in [1.807, 2.05) is 51.1 Å². The van der Waals surface area contributed by atoms with Crippen molar-refractivity contribution in [2.24, 2.45) is 0 Å². The van der Waals surface area contributed by atoms with E-state index >= 15 is 0 Å². The van der Waals surface area contributed by atoms with Crippen molar-refractivity contribution in [2.45, 2.75) is 44.9 Å². The van der Waals surface area contributed by atoms with E-state index in [2.05, 4.69) is 4.72 Å². The summed E-state index contributed by atoms with van der Waals surface area (Å²) >= 11 is -1.31. The fraction of sp³-hybridized carbons (Fsp3) is 0.421. The molecule has 5 nitrogen and oxygen atoms in total. The lowest BCUT2D eigenvalue weighted by Gasteiger charge is -2.28. The molecular weight excluding hydrogens is 338 g/mol. The molecule has 0 radical (unpaired) electrons. The number of carbonyl (C=O) groups is 1. The highest BCUT2D eigenvalue weighted by molar-refractivity contribution is 7.90. The minimum Gasteiger partial charge on any atom is -0.598 e. The lowest BCUT2D eigenvalue weighted by atomic mass is 10.00. The maximum Gasteiger partial charge on any atom is 0.307 e. The molecule has 0 amide bonds. The molecule has 2 aromatic rings. The maximum atomic E-state index is 12.5. The lowest BCUT2D eigenvalue weighted by molar-refractivity contribution is -0.143. The molecule has 1 unspecified atom stereocenters. The molecule has 2 rings (SSSR count). The van der Waals surface area contributed by atoms with Gasteiger partial charge in [0.1, 0.15) is 4.75 Å². The van der Waals surface area contributed by atoms with Crippen LogP contribution in [0.4, 0.5) is 0 Å². The van der Waals surface area contributed by atoms with Gasteiger partial charge in [0.2, 0.25) is 0 Å². The van der Waals surface area contributed by atoms with Crippen LogP contribution >= 0.6 is 0 Å². The molecule has 0 fully saturated rings. The van der Waals surface area contributed by atoms with Crippen LogP contribution in [-0.4, -0.2) is 21.9 Å². The molecule has 1 N–H and O–H groups in total. The molecular formula is C19H25NO4S. The highest BCUT2D eigenvalue weighted by atomic mass is 32.2. The van der Waals surface area contributed by atoms with Crippen molar-refractivity contribution in [3.8, 4) is 11.1 Å². The molecule has 0 spiro atoms. The molecule has 1 heterocycles. The second kappa shape index (κ2) is 8.56. The average molecular weight is 363 g/mol. The van der Waals surface area contributed by atoms with Crippen molar-refractivity contribution in [2.75, 3.05) is 6.61 Å². The Balaban J connectivity index is 2.27. The van der Waals surface area contributed by atoms with Gasteiger partial charge in [0.05, 0.1) is 31.6 Å². The Morgan fingerprint density at radius 3 is 2.68 bits per heavy atom. The zero-order valence-corrected chi connectivity index (χ0v) is 15.9. The number of nitrogens with one attached hydrogen (secondary N) is 1. The third-order valence-corrected chi connectivity index (χ3v) is 5.24. The molecule has 0 aliphatic rings. The molecule has 1 aromatic heterocycles. The second-order valence-electron chi connectivity index (χ2n) is 6.70. The van der Waals surface area contributed by atoms with Gasteiger partial charge in [-0.05, 0) is 51.0 Å². The topological polar surface area (TPSA) is 74.5 Å². The molecule has 0 aliphatic heterocycles. The van der Waals surface area contributed by atoms with Crippen LogP contribution in [0, 0.1) is 0 Å². The predicted molar refractivity (Wildman–Crippen MR) is 99.2 cm³/mol. The quantitative estimate of drug-likeness (QED) is 0.595. The summed E-state index contributed by atoms with van der Waals surface area (Å²) in [5, 5.41) is 0. The van der Waals surface area contributed by atoms with Gasteiger partial charge >= 0.3 is 5.97 Å². The van der Waals surface area contributed by atoms with Crippen LogP contribution in [-0.2, 0) is 20.9 Å². The van der Waals surface area contributed by atoms with Gasteiger partial charge in [0, 0.05) is 16.9 Å². The minimum atomic E-state index is -1.31. The SMILES string of the molecule is CCOC(=O)C[C@H](N[S+]([O-])C(C)(C)C)c1cccc(-c2ccoc2)c1. The number of carbonyl (C=O) groups excluding carboxylic acids is 1. The largest absolute Gasteiger partial charge is 0.598 e. The van der Waals surface area contributed by atoms with E-state index in [9.17, 15) is 9.35 Å². The summed E-state index contributed by atoms with van der Waals surface area (Å²) in [5.74, 6) is -0.320. The Hall–Kier alpha value is -1.76. The van der Waals surface area contributed by atoms with E-state index in [0.29, 0.717) is 6.61 Å². The Bertz CT molecular complexity index is 679. The Labute approximate surface area is 152 Å². The van der Waals surface area contributed by atoms with Gasteiger partial charge in [-0.25, -0.2) is 0 Å². The maximum absolute atomic E-state index is 12.5. The zero-order valence-electron chi connectivity index (χ0n) is 15.1. The first-order valence-electron chi connectivity index (χ1n) is 8.27. The molecule has 1 aromatic carbocycles. The van der Waals surface area contributed by atoms with Gasteiger partial charge in [0.25, 0.3) is 0 Å². The van der Waals surface area contributed by atoms with Crippen LogP contribution in [0.1, 0.15) is 45.7 Å². The monoisotopic (exact) mass is 363 g/mol. The van der Waals surface area contributed by atoms with Crippen LogP contribution in [0.5, 0.6) is 0 Å². The number of esters is 1. The molecule has 6 heteroatoms. The van der Waals surface area contributed by atoms with E-state index in [1.165, 1.54) is 0 Å². The van der Waals surface area contributed by atoms with Gasteiger partial charge in [-0.3, -0.25) is 4.79 Å². The van der Waals surface area contributed by atoms with Gasteiger partial charge in [-0.1, -0.05) is 18.2 Å². The third-order valence-electron chi connectivity index (χ3n) is 3.63. The van der Waals surface area contributed by atoms with Crippen LogP contribution in [0.15, 0.2) is 47.3 Å². The summed E-state index contributed by atoms with van der Waals surface area (Å²) in [6.45, 7) is 7.76. The second-order valence-corrected chi connectivity index (χ2v) is 8.70. The van der Waals surface area contributed by atoms with Crippen molar-refractivity contribution < 1.29 is 18.5 Å². The number of furan rings is 1. The van der Waals surface area contributed by atoms with Gasteiger partial charge in [-0.2, -0.15) is 0 Å². The van der Waals surface area contributed by atoms with Crippen LogP contribution in [0.3, 0.4) is 0 Å². The van der Waals surface area contributed by atoms with Gasteiger partial charge in [-0.15, -0.1) is 4.72 Å². The first-order chi connectivity index (χ1) is 11.8. The van der Waals surface area contributed by atoms with E-state index in [1.54, 1.807) is 19.5 Å². The van der Waals surface area contributed by atoms with Crippen molar-refractivity contribution in [3.05, 3.63) is 48.4 Å². The minimum absolute atomic E-state index is 0.116. The molecule has 25 heavy (non-hydrogen) atoms. The first kappa shape index (κ1) is 19.6. The van der Waals surface area contributed by atoms with Crippen molar-refractivity contribution in [3.63, 3.8) is 0 Å². The van der Waals surface area contributed by atoms with Crippen LogP contribution < -0.4 is 4.72 Å². The van der Waals surface area contributed by atoms with E-state index in [-0.39, 0.29) is 12.4 Å². The number of ether oxygens (including phenoxy) is 1. The van der Waals surface area contributed by atoms with E-state index in [4.69, 9.17) is 9.15 Å². The average Bonchev–Trinajstić information content (AvgIpc) is 3.08. The Morgan fingerprint density at radius 2 is 2.08 bits per heavy atom. The smallest absolute Gasteiger partial charge is 0.307 e. The lowest BCUT2D eigenvalue weighted by Crippen LogP contribution is -2.42. The number of hydrogen-bond donors (Lipinski definition) is 1. The summed E-state index contributed by atoms with van der Waals surface area (Å²) < 4.78 is 25.4. The fourth-order valence-corrected chi connectivity index (χ4v) is 3.12. The number of rotatable bonds is 7. The Morgan fingerprint density at radius 1 is 1.32 bits per heavy atom. The van der Waals surface area contributed by atoms with Crippen molar-refractivity contribution >= 4 is 17.3 Å². The molecule has 0 saturated heterocycles. The van der Waals surface area contributed by atoms with Crippen LogP contribution in [0.25, 0.3) is 11.1 Å². The fourth-order valence-electron chi connectivity index (χ4n) is 2.28. The highest BCUT2D eigenvalue weighted by Gasteiger charge is 2.31. The van der Waals surface area contributed by atoms with Crippen molar-refractivity contribution in [1.29, 1.82) is 0 Å². The summed E-state index contributed by atoms with van der Waals surface area (Å²) in [5.41, 5.74) is 2.81. The predicted octanol–water partition coefficient (Wildman–Crippen LogP) is 3.99. The van der Waals surface area contributed by atoms with Gasteiger partial charge < -0.3 is 13.7 Å². The molecule has 0 bridgehead atoms. The molecule has 0 aliphatic carbocycles. The van der Waals surface area contributed by atoms with Crippen molar-refractivity contribution in [1.82, 2.24) is 4.72 Å². The summed E-state index contributed by atoms with van der Waals surface area (Å²) in [7, 11) is 0. The number of hydrogen-bond acceptors (Lipinski definition) is 5. The zero-order chi connectivity index (χ0) is 18.4. The van der Waals surface area contributed by atoms with E-state index < -0.39 is 22.2 Å². The Kier molecular flexibility index (Phi) is 6.70. The molecule has 136 valence electrons. The summed E-state index contributed by atoms with van der Waals surface area (Å²) in [6.07, 6.45) is 3.40. The van der Waals surface area contributed by atoms with Gasteiger partial charge in [0.15, 0.2) is 0 Å². The highest BCUT2D eigenvalue weighted by Crippen LogP contribution is 2.27.